The Balaban J connectivity index is 1.28. The van der Waals surface area contributed by atoms with E-state index in [2.05, 4.69) is 69.6 Å². The van der Waals surface area contributed by atoms with E-state index in [0.29, 0.717) is 71.6 Å². The molecule has 24 nitrogen and oxygen atoms in total. The largest absolute Gasteiger partial charge is 0.494 e. The molecule has 29 heteroatoms. The van der Waals surface area contributed by atoms with Crippen LogP contribution in [0.2, 0.25) is 0 Å². The Kier molecular flexibility index (Phi) is 17.3. The van der Waals surface area contributed by atoms with Gasteiger partial charge in [-0.05, 0) is 64.1 Å². The zero-order valence-electron chi connectivity index (χ0n) is 39.3. The summed E-state index contributed by atoms with van der Waals surface area (Å²) in [5.74, 6) is 1.77. The highest BCUT2D eigenvalue weighted by molar-refractivity contribution is 7.99. The van der Waals surface area contributed by atoms with E-state index in [1.54, 1.807) is 38.5 Å². The number of aliphatic hydroxyl groups excluding tert-OH is 1. The Hall–Kier alpha value is -6.86. The van der Waals surface area contributed by atoms with Gasteiger partial charge in [-0.2, -0.15) is 50.5 Å². The summed E-state index contributed by atoms with van der Waals surface area (Å²) in [4.78, 5) is 26.5. The summed E-state index contributed by atoms with van der Waals surface area (Å²) in [5, 5.41) is 34.7. The number of nitrogens with one attached hydrogen (secondary N) is 2. The average Bonchev–Trinajstić information content (AvgIpc) is 4.06. The number of anilines is 6. The lowest BCUT2D eigenvalue weighted by molar-refractivity contribution is 0.322. The number of benzene rings is 4. The van der Waals surface area contributed by atoms with Gasteiger partial charge < -0.3 is 35.0 Å². The van der Waals surface area contributed by atoms with Crippen LogP contribution in [0, 0.1) is 0 Å². The molecular weight excluding hydrogens is 1030 g/mol. The Morgan fingerprint density at radius 1 is 0.611 bits per heavy atom. The Bertz CT molecular complexity index is 3120. The first-order valence-electron chi connectivity index (χ1n) is 21.7. The molecule has 0 aliphatic carbocycles. The minimum absolute atomic E-state index is 0.0806. The standard InChI is InChI=1S/C43H47N15O9S5/c1-7-57(8-2)33-21-29(31(23-35(33)66-5)51-53-42-46-37(55-69-42)25-13-11-15-27(19-25)71(60,61)62)44-39-48-40(50-41(49-39)68-18-17-59)45-30-22-34(58(9-3)10-4)36(67-6)24-32(30)52-54-43-47-38(56-70-43)26-14-12-16-28(20-26)72(63,64)65/h11-16,19-24,59H,7-10,17-18H2,1-6H3,(H,60,61,62)(H,63,64,65)(H2,44,45,48,49,50)/b53-51+,54-52+. The van der Waals surface area contributed by atoms with Crippen molar-refractivity contribution < 1.29 is 40.5 Å². The first-order chi connectivity index (χ1) is 34.6. The van der Waals surface area contributed by atoms with E-state index in [4.69, 9.17) is 14.5 Å². The highest BCUT2D eigenvalue weighted by Gasteiger charge is 2.21. The number of aromatic nitrogens is 7. The molecule has 0 amide bonds. The molecule has 0 aliphatic heterocycles. The first kappa shape index (κ1) is 53.0. The van der Waals surface area contributed by atoms with Gasteiger partial charge in [-0.1, -0.05) is 36.0 Å². The smallest absolute Gasteiger partial charge is 0.294 e. The number of azo groups is 2. The number of methoxy groups -OCH3 is 2. The van der Waals surface area contributed by atoms with Crippen LogP contribution >= 0.6 is 34.8 Å². The quantitative estimate of drug-likeness (QED) is 0.0226. The molecule has 0 bridgehead atoms. The summed E-state index contributed by atoms with van der Waals surface area (Å²) < 4.78 is 86.6. The van der Waals surface area contributed by atoms with Crippen LogP contribution in [-0.4, -0.2) is 117 Å². The van der Waals surface area contributed by atoms with E-state index in [-0.39, 0.29) is 61.1 Å². The molecule has 3 aromatic heterocycles. The predicted molar refractivity (Wildman–Crippen MR) is 276 cm³/mol. The fourth-order valence-corrected chi connectivity index (χ4v) is 9.54. The van der Waals surface area contributed by atoms with Gasteiger partial charge in [0.1, 0.15) is 22.9 Å². The van der Waals surface area contributed by atoms with E-state index in [1.807, 2.05) is 39.8 Å². The molecule has 4 aromatic carbocycles. The molecule has 0 saturated heterocycles. The van der Waals surface area contributed by atoms with E-state index >= 15 is 0 Å². The summed E-state index contributed by atoms with van der Waals surface area (Å²) >= 11 is 3.03. The maximum atomic E-state index is 11.8. The molecule has 0 aliphatic rings. The topological polar surface area (TPSA) is 318 Å². The van der Waals surface area contributed by atoms with Crippen LogP contribution in [0.5, 0.6) is 11.5 Å². The SMILES string of the molecule is CCN(CC)c1cc(Nc2nc(Nc3cc(N(CC)CC)c(OC)cc3/N=N/c3nc(-c4cccc(S(=O)(=O)O)c4)ns3)nc(SCCO)n2)c(/N=N/c2nc(-c3cccc(S(=O)(=O)O)c3)ns2)cc1OC. The van der Waals surface area contributed by atoms with Crippen LogP contribution in [0.25, 0.3) is 22.8 Å². The molecule has 72 heavy (non-hydrogen) atoms. The summed E-state index contributed by atoms with van der Waals surface area (Å²) in [6, 6.07) is 18.2. The summed E-state index contributed by atoms with van der Waals surface area (Å²) in [5.41, 5.74) is 3.55. The minimum Gasteiger partial charge on any atom is -0.494 e. The number of hydrogen-bond donors (Lipinski definition) is 5. The maximum Gasteiger partial charge on any atom is 0.294 e. The maximum absolute atomic E-state index is 11.8. The van der Waals surface area contributed by atoms with Gasteiger partial charge in [0.2, 0.25) is 22.2 Å². The third kappa shape index (κ3) is 13.0. The first-order valence-corrected chi connectivity index (χ1v) is 27.1. The highest BCUT2D eigenvalue weighted by Crippen LogP contribution is 2.43. The van der Waals surface area contributed by atoms with Gasteiger partial charge in [0.05, 0.1) is 53.4 Å². The minimum atomic E-state index is -4.47. The molecule has 3 heterocycles. The van der Waals surface area contributed by atoms with Crippen molar-refractivity contribution in [1.82, 2.24) is 33.7 Å². The Morgan fingerprint density at radius 2 is 1.04 bits per heavy atom. The van der Waals surface area contributed by atoms with Crippen molar-refractivity contribution in [2.24, 2.45) is 20.5 Å². The van der Waals surface area contributed by atoms with Gasteiger partial charge in [0.15, 0.2) is 16.8 Å². The molecule has 0 saturated carbocycles. The van der Waals surface area contributed by atoms with Crippen molar-refractivity contribution in [3.05, 3.63) is 72.8 Å². The van der Waals surface area contributed by atoms with Gasteiger partial charge in [0, 0.05) is 78.3 Å². The third-order valence-electron chi connectivity index (χ3n) is 10.3. The van der Waals surface area contributed by atoms with Crippen LogP contribution in [0.3, 0.4) is 0 Å². The number of rotatable bonds is 23. The monoisotopic (exact) mass is 1080 g/mol. The molecule has 0 atom stereocenters. The Labute approximate surface area is 426 Å². The predicted octanol–water partition coefficient (Wildman–Crippen LogP) is 9.51. The molecule has 0 spiro atoms. The molecule has 7 rings (SSSR count). The number of nitrogens with zero attached hydrogens (tertiary/aromatic N) is 13. The number of ether oxygens (including phenoxy) is 2. The summed E-state index contributed by atoms with van der Waals surface area (Å²) in [7, 11) is -5.85. The molecule has 0 fully saturated rings. The molecule has 0 radical (unpaired) electrons. The van der Waals surface area contributed by atoms with Gasteiger partial charge in [-0.15, -0.1) is 20.5 Å². The molecule has 5 N–H and O–H groups in total. The van der Waals surface area contributed by atoms with Crippen molar-refractivity contribution in [1.29, 1.82) is 0 Å². The molecular formula is C43H47N15O9S5. The van der Waals surface area contributed by atoms with Crippen molar-refractivity contribution in [2.45, 2.75) is 42.6 Å². The Morgan fingerprint density at radius 3 is 1.42 bits per heavy atom. The summed E-state index contributed by atoms with van der Waals surface area (Å²) in [6.45, 7) is 10.4. The van der Waals surface area contributed by atoms with Gasteiger partial charge in [-0.3, -0.25) is 9.11 Å². The van der Waals surface area contributed by atoms with Crippen LogP contribution in [0.1, 0.15) is 27.7 Å². The van der Waals surface area contributed by atoms with Crippen molar-refractivity contribution >= 4 is 111 Å². The van der Waals surface area contributed by atoms with Gasteiger partial charge in [0.25, 0.3) is 20.2 Å². The number of aliphatic hydroxyl groups is 1. The molecule has 0 unspecified atom stereocenters. The second-order valence-electron chi connectivity index (χ2n) is 14.7. The van der Waals surface area contributed by atoms with Crippen LogP contribution < -0.4 is 29.9 Å². The van der Waals surface area contributed by atoms with Crippen molar-refractivity contribution in [3.63, 3.8) is 0 Å². The number of hydrogen-bond acceptors (Lipinski definition) is 25. The zero-order chi connectivity index (χ0) is 51.6. The zero-order valence-corrected chi connectivity index (χ0v) is 43.4. The van der Waals surface area contributed by atoms with Crippen LogP contribution in [0.4, 0.5) is 56.3 Å². The molecule has 7 aromatic rings. The lowest BCUT2D eigenvalue weighted by Crippen LogP contribution is -2.22. The normalized spacial score (nSPS) is 11.9. The van der Waals surface area contributed by atoms with E-state index in [0.717, 1.165) is 34.4 Å². The van der Waals surface area contributed by atoms with E-state index in [9.17, 15) is 31.0 Å². The van der Waals surface area contributed by atoms with Crippen LogP contribution in [-0.2, 0) is 20.2 Å². The second kappa shape index (κ2) is 23.6. The second-order valence-corrected chi connectivity index (χ2v) is 20.1. The molecule has 378 valence electrons. The van der Waals surface area contributed by atoms with E-state index in [1.165, 1.54) is 48.2 Å². The highest BCUT2D eigenvalue weighted by atomic mass is 32.2. The number of thioether (sulfide) groups is 1. The van der Waals surface area contributed by atoms with Crippen LogP contribution in [0.15, 0.2) is 108 Å². The lowest BCUT2D eigenvalue weighted by Gasteiger charge is -2.25. The lowest BCUT2D eigenvalue weighted by atomic mass is 10.2. The van der Waals surface area contributed by atoms with Crippen molar-refractivity contribution in [3.8, 4) is 34.3 Å². The third-order valence-corrected chi connectivity index (χ3v) is 14.1. The summed E-state index contributed by atoms with van der Waals surface area (Å²) in [6.07, 6.45) is 0. The van der Waals surface area contributed by atoms with Gasteiger partial charge >= 0.3 is 0 Å². The fraction of sp³-hybridized carbons (Fsp3) is 0.279. The van der Waals surface area contributed by atoms with Gasteiger partial charge in [-0.25, -0.2) is 0 Å². The van der Waals surface area contributed by atoms with E-state index < -0.39 is 20.2 Å². The average molecular weight is 1080 g/mol. The van der Waals surface area contributed by atoms with Crippen molar-refractivity contribution in [2.75, 3.05) is 73.2 Å². The fourth-order valence-electron chi connectivity index (χ4n) is 6.87.